The van der Waals surface area contributed by atoms with Crippen molar-refractivity contribution in [3.8, 4) is 11.1 Å². The quantitative estimate of drug-likeness (QED) is 0.259. The van der Waals surface area contributed by atoms with Gasteiger partial charge < -0.3 is 24.8 Å². The number of aryl methyl sites for hydroxylation is 2. The SMILES string of the molecule is C[Si]C.Cc1[cH-]c(C)c(C)c1C.[Cl-].[Cl-].[Zr+4].c1ccc(-c2c[cH-]c3ccccc23)cc1. The fourth-order valence-electron chi connectivity index (χ4n) is 3.15. The second-order valence-electron chi connectivity index (χ2n) is 6.96. The molecule has 4 rings (SSSR count). The van der Waals surface area contributed by atoms with E-state index in [-0.39, 0.29) is 51.0 Å². The van der Waals surface area contributed by atoms with Gasteiger partial charge in [-0.2, -0.15) is 28.3 Å². The summed E-state index contributed by atoms with van der Waals surface area (Å²) >= 11 is 0. The van der Waals surface area contributed by atoms with Crippen LogP contribution < -0.4 is 24.8 Å². The van der Waals surface area contributed by atoms with Gasteiger partial charge >= 0.3 is 26.2 Å². The summed E-state index contributed by atoms with van der Waals surface area (Å²) in [5.41, 5.74) is 8.36. The number of fused-ring (bicyclic) bond motifs is 1. The zero-order valence-electron chi connectivity index (χ0n) is 18.7. The molecule has 0 aliphatic rings. The Morgan fingerprint density at radius 1 is 0.700 bits per heavy atom. The monoisotopic (exact) mass is 530 g/mol. The Morgan fingerprint density at radius 2 is 1.17 bits per heavy atom. The number of benzene rings is 2. The van der Waals surface area contributed by atoms with Gasteiger partial charge in [-0.3, -0.25) is 0 Å². The Morgan fingerprint density at radius 3 is 1.63 bits per heavy atom. The molecule has 0 fully saturated rings. The molecule has 4 aromatic carbocycles. The molecule has 0 saturated carbocycles. The van der Waals surface area contributed by atoms with Crippen LogP contribution in [0.5, 0.6) is 0 Å². The molecule has 0 N–H and O–H groups in total. The third-order valence-electron chi connectivity index (χ3n) is 4.94. The molecule has 0 aliphatic carbocycles. The number of hydrogen-bond donors (Lipinski definition) is 0. The number of rotatable bonds is 1. The van der Waals surface area contributed by atoms with Crippen LogP contribution >= 0.6 is 0 Å². The van der Waals surface area contributed by atoms with Gasteiger partial charge in [-0.05, 0) is 0 Å². The molecule has 0 aromatic heterocycles. The molecule has 156 valence electrons. The first-order chi connectivity index (χ1) is 13.0. The molecule has 0 saturated heterocycles. The van der Waals surface area contributed by atoms with E-state index >= 15 is 0 Å². The summed E-state index contributed by atoms with van der Waals surface area (Å²) in [6.45, 7) is 13.0. The molecule has 0 spiro atoms. The van der Waals surface area contributed by atoms with Gasteiger partial charge in [0.05, 0.1) is 0 Å². The largest absolute Gasteiger partial charge is 4.00 e. The molecule has 0 unspecified atom stereocenters. The predicted octanol–water partition coefficient (Wildman–Crippen LogP) is 1.66. The van der Waals surface area contributed by atoms with Gasteiger partial charge in [0.15, 0.2) is 0 Å². The standard InChI is InChI=1S/C15H11.C9H13.C2H6Si.2ClH.Zr/c1-2-6-12(7-3-1)15-11-10-13-8-4-5-9-14(13)15;1-6-5-7(2)9(4)8(6)3;1-3-2;;;/h1-11H;5H,1-4H3;1-2H3;2*1H;/q2*-1;;;;+4/p-2. The maximum absolute atomic E-state index is 2.24. The van der Waals surface area contributed by atoms with Crippen molar-refractivity contribution < 1.29 is 51.0 Å². The van der Waals surface area contributed by atoms with Crippen LogP contribution in [0.3, 0.4) is 0 Å². The molecular formula is C26H30Cl2SiZr. The minimum absolute atomic E-state index is 0. The van der Waals surface area contributed by atoms with Crippen molar-refractivity contribution in [3.05, 3.63) is 95.1 Å². The molecule has 2 radical (unpaired) electrons. The van der Waals surface area contributed by atoms with E-state index in [9.17, 15) is 0 Å². The zero-order valence-corrected chi connectivity index (χ0v) is 23.7. The summed E-state index contributed by atoms with van der Waals surface area (Å²) in [6, 6.07) is 25.6. The van der Waals surface area contributed by atoms with Crippen LogP contribution in [0.4, 0.5) is 0 Å². The van der Waals surface area contributed by atoms with Crippen molar-refractivity contribution in [2.24, 2.45) is 0 Å². The average Bonchev–Trinajstić information content (AvgIpc) is 3.21. The van der Waals surface area contributed by atoms with E-state index in [0.29, 0.717) is 0 Å². The third-order valence-corrected chi connectivity index (χ3v) is 4.94. The Balaban J connectivity index is 0. The van der Waals surface area contributed by atoms with E-state index in [1.807, 2.05) is 0 Å². The Hall–Kier alpha value is -0.920. The molecule has 0 nitrogen and oxygen atoms in total. The molecule has 0 aliphatic heterocycles. The van der Waals surface area contributed by atoms with Crippen LogP contribution in [0, 0.1) is 27.7 Å². The van der Waals surface area contributed by atoms with Gasteiger partial charge in [0.2, 0.25) is 0 Å². The average molecular weight is 533 g/mol. The first kappa shape index (κ1) is 31.3. The van der Waals surface area contributed by atoms with E-state index in [2.05, 4.69) is 114 Å². The van der Waals surface area contributed by atoms with Crippen molar-refractivity contribution in [2.45, 2.75) is 40.8 Å². The van der Waals surface area contributed by atoms with Gasteiger partial charge in [0.1, 0.15) is 0 Å². The van der Waals surface area contributed by atoms with Crippen molar-refractivity contribution in [3.63, 3.8) is 0 Å². The van der Waals surface area contributed by atoms with Crippen molar-refractivity contribution in [2.75, 3.05) is 0 Å². The summed E-state index contributed by atoms with van der Waals surface area (Å²) in [5.74, 6) is 0. The van der Waals surface area contributed by atoms with Crippen LogP contribution in [0.25, 0.3) is 21.9 Å². The van der Waals surface area contributed by atoms with E-state index in [4.69, 9.17) is 0 Å². The van der Waals surface area contributed by atoms with Crippen molar-refractivity contribution >= 4 is 20.3 Å². The maximum atomic E-state index is 2.24. The van der Waals surface area contributed by atoms with Crippen LogP contribution in [-0.2, 0) is 26.2 Å². The van der Waals surface area contributed by atoms with Gasteiger partial charge in [-0.1, -0.05) is 82.8 Å². The summed E-state index contributed by atoms with van der Waals surface area (Å²) in [6.07, 6.45) is 0. The molecule has 0 heterocycles. The van der Waals surface area contributed by atoms with Gasteiger partial charge in [-0.25, -0.2) is 0 Å². The fraction of sp³-hybridized carbons (Fsp3) is 0.231. The molecule has 30 heavy (non-hydrogen) atoms. The van der Waals surface area contributed by atoms with Crippen LogP contribution in [0.15, 0.2) is 72.8 Å². The summed E-state index contributed by atoms with van der Waals surface area (Å²) < 4.78 is 0. The van der Waals surface area contributed by atoms with E-state index in [1.165, 1.54) is 44.2 Å². The van der Waals surface area contributed by atoms with Gasteiger partial charge in [0.25, 0.3) is 0 Å². The van der Waals surface area contributed by atoms with Crippen LogP contribution in [0.2, 0.25) is 13.1 Å². The first-order valence-corrected chi connectivity index (χ1v) is 11.5. The summed E-state index contributed by atoms with van der Waals surface area (Å²) in [7, 11) is 1.08. The summed E-state index contributed by atoms with van der Waals surface area (Å²) in [4.78, 5) is 0. The molecule has 0 atom stereocenters. The minimum Gasteiger partial charge on any atom is -1.00 e. The maximum Gasteiger partial charge on any atom is 4.00 e. The van der Waals surface area contributed by atoms with Gasteiger partial charge in [0, 0.05) is 9.52 Å². The van der Waals surface area contributed by atoms with Crippen molar-refractivity contribution in [1.82, 2.24) is 0 Å². The second kappa shape index (κ2) is 15.8. The molecule has 4 aromatic rings. The van der Waals surface area contributed by atoms with E-state index in [0.717, 1.165) is 9.52 Å². The summed E-state index contributed by atoms with van der Waals surface area (Å²) in [5, 5.41) is 2.65. The second-order valence-corrected chi connectivity index (χ2v) is 7.96. The Kier molecular flexibility index (Phi) is 16.5. The molecule has 0 bridgehead atoms. The van der Waals surface area contributed by atoms with Gasteiger partial charge in [-0.15, -0.1) is 46.7 Å². The first-order valence-electron chi connectivity index (χ1n) is 9.48. The van der Waals surface area contributed by atoms with Crippen molar-refractivity contribution in [1.29, 1.82) is 0 Å². The topological polar surface area (TPSA) is 0 Å². The molecular weight excluding hydrogens is 503 g/mol. The number of halogens is 2. The fourth-order valence-corrected chi connectivity index (χ4v) is 3.15. The van der Waals surface area contributed by atoms with Crippen LogP contribution in [0.1, 0.15) is 22.3 Å². The number of hydrogen-bond acceptors (Lipinski definition) is 0. The predicted molar refractivity (Wildman–Crippen MR) is 123 cm³/mol. The Labute approximate surface area is 217 Å². The van der Waals surface area contributed by atoms with E-state index in [1.54, 1.807) is 0 Å². The molecule has 0 amide bonds. The smallest absolute Gasteiger partial charge is 1.00 e. The van der Waals surface area contributed by atoms with E-state index < -0.39 is 0 Å². The normalized spacial score (nSPS) is 9.00. The Bertz CT molecular complexity index is 949. The third kappa shape index (κ3) is 8.31. The minimum atomic E-state index is 0. The zero-order chi connectivity index (χ0) is 19.8. The molecule has 4 heteroatoms. The van der Waals surface area contributed by atoms with Crippen LogP contribution in [-0.4, -0.2) is 9.52 Å².